The Morgan fingerprint density at radius 2 is 0.974 bits per heavy atom. The molecule has 0 bridgehead atoms. The first-order chi connectivity index (χ1) is 19.2. The maximum absolute atomic E-state index is 6.47. The molecule has 184 valence electrons. The van der Waals surface area contributed by atoms with Crippen molar-refractivity contribution in [2.24, 2.45) is 0 Å². The number of hydrogen-bond acceptors (Lipinski definition) is 1. The minimum absolute atomic E-state index is 0.460. The van der Waals surface area contributed by atoms with Crippen LogP contribution < -0.4 is 4.74 Å². The van der Waals surface area contributed by atoms with Crippen molar-refractivity contribution in [1.29, 1.82) is 0 Å². The second-order valence-corrected chi connectivity index (χ2v) is 10.6. The zero-order chi connectivity index (χ0) is 26.0. The third kappa shape index (κ3) is 3.14. The molecule has 1 heterocycles. The smallest absolute Gasteiger partial charge is 0.132 e. The summed E-state index contributed by atoms with van der Waals surface area (Å²) in [5, 5.41) is 0.742. The lowest BCUT2D eigenvalue weighted by Gasteiger charge is -2.39. The molecule has 1 aliphatic carbocycles. The second kappa shape index (κ2) is 8.46. The highest BCUT2D eigenvalue weighted by Crippen LogP contribution is 2.63. The highest BCUT2D eigenvalue weighted by Gasteiger charge is 2.51. The third-order valence-corrected chi connectivity index (χ3v) is 8.44. The van der Waals surface area contributed by atoms with Crippen LogP contribution in [0.15, 0.2) is 140 Å². The van der Waals surface area contributed by atoms with Gasteiger partial charge in [0.25, 0.3) is 0 Å². The first-order valence-electron chi connectivity index (χ1n) is 13.2. The Morgan fingerprint density at radius 1 is 0.436 bits per heavy atom. The van der Waals surface area contributed by atoms with E-state index in [2.05, 4.69) is 121 Å². The Bertz CT molecular complexity index is 1870. The monoisotopic (exact) mass is 518 g/mol. The molecule has 0 N–H and O–H groups in total. The molecule has 0 atom stereocenters. The fourth-order valence-corrected chi connectivity index (χ4v) is 6.87. The average molecular weight is 519 g/mol. The van der Waals surface area contributed by atoms with Gasteiger partial charge >= 0.3 is 0 Å². The van der Waals surface area contributed by atoms with Gasteiger partial charge in [-0.2, -0.15) is 0 Å². The van der Waals surface area contributed by atoms with Gasteiger partial charge in [-0.3, -0.25) is 0 Å². The van der Waals surface area contributed by atoms with Crippen LogP contribution in [0.25, 0.3) is 33.4 Å². The Hall–Kier alpha value is -4.59. The van der Waals surface area contributed by atoms with E-state index in [0.29, 0.717) is 0 Å². The summed E-state index contributed by atoms with van der Waals surface area (Å²) in [4.78, 5) is 0. The Labute approximate surface area is 232 Å². The van der Waals surface area contributed by atoms with Gasteiger partial charge in [-0.25, -0.2) is 0 Å². The van der Waals surface area contributed by atoms with E-state index in [1.54, 1.807) is 0 Å². The van der Waals surface area contributed by atoms with Gasteiger partial charge in [-0.1, -0.05) is 121 Å². The summed E-state index contributed by atoms with van der Waals surface area (Å²) in [5.41, 5.74) is 11.7. The summed E-state index contributed by atoms with van der Waals surface area (Å²) in [6, 6.07) is 49.5. The minimum atomic E-state index is -0.460. The van der Waals surface area contributed by atoms with E-state index in [1.807, 2.05) is 18.2 Å². The molecule has 0 saturated heterocycles. The number of benzene rings is 6. The molecule has 0 unspecified atom stereocenters. The van der Waals surface area contributed by atoms with Crippen LogP contribution in [-0.2, 0) is 5.41 Å². The summed E-state index contributed by atoms with van der Waals surface area (Å²) >= 11 is 6.34. The number of rotatable bonds is 2. The van der Waals surface area contributed by atoms with Crippen molar-refractivity contribution in [1.82, 2.24) is 0 Å². The molecule has 2 aliphatic rings. The van der Waals surface area contributed by atoms with Crippen molar-refractivity contribution in [2.75, 3.05) is 0 Å². The molecule has 8 rings (SSSR count). The summed E-state index contributed by atoms with van der Waals surface area (Å²) in [5.74, 6) is 1.82. The lowest BCUT2D eigenvalue weighted by molar-refractivity contribution is 0.436. The van der Waals surface area contributed by atoms with E-state index < -0.39 is 5.41 Å². The normalized spacial score (nSPS) is 13.7. The molecule has 6 aromatic rings. The predicted molar refractivity (Wildman–Crippen MR) is 160 cm³/mol. The summed E-state index contributed by atoms with van der Waals surface area (Å²) < 4.78 is 6.47. The van der Waals surface area contributed by atoms with Crippen molar-refractivity contribution < 1.29 is 4.74 Å². The molecule has 2 heteroatoms. The van der Waals surface area contributed by atoms with E-state index in [0.717, 1.165) is 27.6 Å². The number of fused-ring (bicyclic) bond motifs is 9. The fourth-order valence-electron chi connectivity index (χ4n) is 6.68. The van der Waals surface area contributed by atoms with E-state index in [4.69, 9.17) is 16.3 Å². The van der Waals surface area contributed by atoms with Crippen LogP contribution in [-0.4, -0.2) is 0 Å². The van der Waals surface area contributed by atoms with Crippen molar-refractivity contribution in [2.45, 2.75) is 5.41 Å². The molecule has 6 aromatic carbocycles. The number of halogens is 1. The van der Waals surface area contributed by atoms with Gasteiger partial charge in [0.15, 0.2) is 0 Å². The molecular weight excluding hydrogens is 496 g/mol. The second-order valence-electron chi connectivity index (χ2n) is 10.2. The van der Waals surface area contributed by atoms with Gasteiger partial charge in [0.1, 0.15) is 11.5 Å². The highest BCUT2D eigenvalue weighted by atomic mass is 35.5. The molecule has 39 heavy (non-hydrogen) atoms. The molecule has 0 amide bonds. The van der Waals surface area contributed by atoms with Gasteiger partial charge in [-0.05, 0) is 74.8 Å². The summed E-state index contributed by atoms with van der Waals surface area (Å²) in [6.07, 6.45) is 0. The quantitative estimate of drug-likeness (QED) is 0.221. The summed E-state index contributed by atoms with van der Waals surface area (Å²) in [6.45, 7) is 0. The maximum atomic E-state index is 6.47. The summed E-state index contributed by atoms with van der Waals surface area (Å²) in [7, 11) is 0. The maximum Gasteiger partial charge on any atom is 0.132 e. The lowest BCUT2D eigenvalue weighted by atomic mass is 9.66. The van der Waals surface area contributed by atoms with Crippen LogP contribution in [0.4, 0.5) is 0 Å². The van der Waals surface area contributed by atoms with E-state index >= 15 is 0 Å². The molecular formula is C37H23ClO. The van der Waals surface area contributed by atoms with Crippen molar-refractivity contribution >= 4 is 11.6 Å². The van der Waals surface area contributed by atoms with Crippen molar-refractivity contribution in [3.05, 3.63) is 167 Å². The van der Waals surface area contributed by atoms with Crippen LogP contribution in [0.5, 0.6) is 11.5 Å². The van der Waals surface area contributed by atoms with Gasteiger partial charge in [-0.15, -0.1) is 0 Å². The largest absolute Gasteiger partial charge is 0.457 e. The molecule has 1 aliphatic heterocycles. The number of para-hydroxylation sites is 2. The Balaban J connectivity index is 1.45. The molecule has 1 nitrogen and oxygen atoms in total. The van der Waals surface area contributed by atoms with Crippen LogP contribution in [0.3, 0.4) is 0 Å². The van der Waals surface area contributed by atoms with E-state index in [9.17, 15) is 0 Å². The van der Waals surface area contributed by atoms with Crippen molar-refractivity contribution in [3.63, 3.8) is 0 Å². The predicted octanol–water partition coefficient (Wildman–Crippen LogP) is 10.1. The molecule has 0 aromatic heterocycles. The fraction of sp³-hybridized carbons (Fsp3) is 0.0270. The third-order valence-electron chi connectivity index (χ3n) is 8.20. The highest BCUT2D eigenvalue weighted by molar-refractivity contribution is 6.30. The van der Waals surface area contributed by atoms with E-state index in [-0.39, 0.29) is 0 Å². The first kappa shape index (κ1) is 22.4. The van der Waals surface area contributed by atoms with Gasteiger partial charge < -0.3 is 4.74 Å². The van der Waals surface area contributed by atoms with E-state index in [1.165, 1.54) is 44.5 Å². The number of ether oxygens (including phenoxy) is 1. The Morgan fingerprint density at radius 3 is 1.72 bits per heavy atom. The van der Waals surface area contributed by atoms with Crippen LogP contribution in [0.2, 0.25) is 5.02 Å². The standard InChI is InChI=1S/C37H23ClO/c38-27-13-8-11-25(23-27)24-10-7-12-26(22-24)28-15-9-19-33-36(28)29-14-1-2-16-30(29)37(33)31-17-3-5-20-34(31)39-35-21-6-4-18-32(35)37/h1-23H. The SMILES string of the molecule is Clc1cccc(-c2cccc(-c3cccc4c3-c3ccccc3C43c4ccccc4Oc4ccccc43)c2)c1. The van der Waals surface area contributed by atoms with Gasteiger partial charge in [0.2, 0.25) is 0 Å². The van der Waals surface area contributed by atoms with Gasteiger partial charge in [0, 0.05) is 16.1 Å². The van der Waals surface area contributed by atoms with Crippen LogP contribution in [0.1, 0.15) is 22.3 Å². The minimum Gasteiger partial charge on any atom is -0.457 e. The van der Waals surface area contributed by atoms with Crippen molar-refractivity contribution in [3.8, 4) is 44.9 Å². The molecule has 0 fully saturated rings. The lowest BCUT2D eigenvalue weighted by Crippen LogP contribution is -2.32. The molecule has 0 saturated carbocycles. The topological polar surface area (TPSA) is 9.23 Å². The average Bonchev–Trinajstić information content (AvgIpc) is 3.29. The number of hydrogen-bond donors (Lipinski definition) is 0. The molecule has 0 radical (unpaired) electrons. The molecule has 1 spiro atoms. The van der Waals surface area contributed by atoms with Crippen LogP contribution in [0, 0.1) is 0 Å². The van der Waals surface area contributed by atoms with Crippen LogP contribution >= 0.6 is 11.6 Å². The first-order valence-corrected chi connectivity index (χ1v) is 13.6. The Kier molecular flexibility index (Phi) is 4.86. The zero-order valence-electron chi connectivity index (χ0n) is 21.1. The zero-order valence-corrected chi connectivity index (χ0v) is 21.8. The van der Waals surface area contributed by atoms with Gasteiger partial charge in [0.05, 0.1) is 5.41 Å².